The fourth-order valence-electron chi connectivity index (χ4n) is 2.69. The van der Waals surface area contributed by atoms with Gasteiger partial charge in [0, 0.05) is 45.3 Å². The standard InChI is InChI=1S/C13H29N3/c1-5-13(12(2)3)15(4)10-11-16-8-6-14-7-9-16/h12-14H,5-11H2,1-4H3. The molecule has 1 N–H and O–H groups in total. The normalized spacial score (nSPS) is 20.6. The highest BCUT2D eigenvalue weighted by molar-refractivity contribution is 4.73. The van der Waals surface area contributed by atoms with Gasteiger partial charge in [-0.1, -0.05) is 20.8 Å². The van der Waals surface area contributed by atoms with Crippen LogP contribution >= 0.6 is 0 Å². The van der Waals surface area contributed by atoms with Crippen LogP contribution in [0.15, 0.2) is 0 Å². The molecule has 0 aromatic rings. The Hall–Kier alpha value is -0.120. The van der Waals surface area contributed by atoms with Crippen molar-refractivity contribution in [3.63, 3.8) is 0 Å². The molecule has 0 amide bonds. The quantitative estimate of drug-likeness (QED) is 0.737. The second kappa shape index (κ2) is 7.25. The molecule has 0 bridgehead atoms. The molecule has 1 unspecified atom stereocenters. The molecule has 0 spiro atoms. The third kappa shape index (κ3) is 4.40. The molecule has 3 nitrogen and oxygen atoms in total. The summed E-state index contributed by atoms with van der Waals surface area (Å²) in [5.41, 5.74) is 0. The van der Waals surface area contributed by atoms with E-state index in [1.807, 2.05) is 0 Å². The first-order chi connectivity index (χ1) is 7.65. The molecule has 0 aromatic heterocycles. The van der Waals surface area contributed by atoms with E-state index in [2.05, 4.69) is 42.9 Å². The molecule has 16 heavy (non-hydrogen) atoms. The number of nitrogens with zero attached hydrogens (tertiary/aromatic N) is 2. The van der Waals surface area contributed by atoms with Gasteiger partial charge < -0.3 is 10.2 Å². The summed E-state index contributed by atoms with van der Waals surface area (Å²) >= 11 is 0. The molecule has 1 aliphatic rings. The Labute approximate surface area is 101 Å². The third-order valence-electron chi connectivity index (χ3n) is 3.73. The van der Waals surface area contributed by atoms with Gasteiger partial charge in [-0.2, -0.15) is 0 Å². The van der Waals surface area contributed by atoms with Gasteiger partial charge >= 0.3 is 0 Å². The van der Waals surface area contributed by atoms with Crippen molar-refractivity contribution in [1.82, 2.24) is 15.1 Å². The van der Waals surface area contributed by atoms with Gasteiger partial charge in [-0.15, -0.1) is 0 Å². The SMILES string of the molecule is CCC(C(C)C)N(C)CCN1CCNCC1. The molecule has 1 heterocycles. The van der Waals surface area contributed by atoms with Gasteiger partial charge in [0.1, 0.15) is 0 Å². The number of hydrogen-bond donors (Lipinski definition) is 1. The minimum absolute atomic E-state index is 0.739. The molecule has 0 aromatic carbocycles. The highest BCUT2D eigenvalue weighted by Crippen LogP contribution is 2.12. The van der Waals surface area contributed by atoms with Crippen LogP contribution in [0, 0.1) is 5.92 Å². The Balaban J connectivity index is 2.24. The Morgan fingerprint density at radius 2 is 1.88 bits per heavy atom. The molecule has 1 fully saturated rings. The second-order valence-corrected chi connectivity index (χ2v) is 5.29. The molecule has 3 heteroatoms. The van der Waals surface area contributed by atoms with E-state index in [1.165, 1.54) is 32.6 Å². The molecule has 96 valence electrons. The highest BCUT2D eigenvalue weighted by atomic mass is 15.2. The van der Waals surface area contributed by atoms with Crippen molar-refractivity contribution in [2.45, 2.75) is 33.2 Å². The highest BCUT2D eigenvalue weighted by Gasteiger charge is 2.17. The van der Waals surface area contributed by atoms with Gasteiger partial charge in [0.25, 0.3) is 0 Å². The topological polar surface area (TPSA) is 18.5 Å². The Kier molecular flexibility index (Phi) is 6.32. The van der Waals surface area contributed by atoms with Crippen LogP contribution in [-0.2, 0) is 0 Å². The van der Waals surface area contributed by atoms with Crippen molar-refractivity contribution in [3.8, 4) is 0 Å². The first-order valence-corrected chi connectivity index (χ1v) is 6.78. The van der Waals surface area contributed by atoms with Crippen molar-refractivity contribution < 1.29 is 0 Å². The van der Waals surface area contributed by atoms with Gasteiger partial charge in [0.2, 0.25) is 0 Å². The average Bonchev–Trinajstić information content (AvgIpc) is 2.28. The first kappa shape index (κ1) is 13.9. The number of likely N-dealkylation sites (N-methyl/N-ethyl adjacent to an activating group) is 1. The fourth-order valence-corrected chi connectivity index (χ4v) is 2.69. The van der Waals surface area contributed by atoms with E-state index >= 15 is 0 Å². The summed E-state index contributed by atoms with van der Waals surface area (Å²) in [7, 11) is 2.27. The summed E-state index contributed by atoms with van der Waals surface area (Å²) < 4.78 is 0. The summed E-state index contributed by atoms with van der Waals surface area (Å²) in [5, 5.41) is 3.40. The smallest absolute Gasteiger partial charge is 0.0113 e. The number of hydrogen-bond acceptors (Lipinski definition) is 3. The van der Waals surface area contributed by atoms with Gasteiger partial charge in [0.05, 0.1) is 0 Å². The van der Waals surface area contributed by atoms with Gasteiger partial charge in [-0.3, -0.25) is 4.90 Å². The third-order valence-corrected chi connectivity index (χ3v) is 3.73. The predicted octanol–water partition coefficient (Wildman–Crippen LogP) is 1.26. The number of rotatable bonds is 6. The Morgan fingerprint density at radius 3 is 2.38 bits per heavy atom. The van der Waals surface area contributed by atoms with Crippen LogP contribution in [0.2, 0.25) is 0 Å². The summed E-state index contributed by atoms with van der Waals surface area (Å²) in [5.74, 6) is 0.762. The number of piperazine rings is 1. The molecule has 0 radical (unpaired) electrons. The van der Waals surface area contributed by atoms with Crippen molar-refractivity contribution in [3.05, 3.63) is 0 Å². The minimum Gasteiger partial charge on any atom is -0.314 e. The lowest BCUT2D eigenvalue weighted by Crippen LogP contribution is -2.47. The zero-order chi connectivity index (χ0) is 12.0. The Morgan fingerprint density at radius 1 is 1.25 bits per heavy atom. The fraction of sp³-hybridized carbons (Fsp3) is 1.00. The van der Waals surface area contributed by atoms with E-state index in [1.54, 1.807) is 0 Å². The predicted molar refractivity (Wildman–Crippen MR) is 70.9 cm³/mol. The molecular weight excluding hydrogens is 198 g/mol. The van der Waals surface area contributed by atoms with Crippen LogP contribution in [0.25, 0.3) is 0 Å². The van der Waals surface area contributed by atoms with Crippen molar-refractivity contribution >= 4 is 0 Å². The lowest BCUT2D eigenvalue weighted by molar-refractivity contribution is 0.149. The van der Waals surface area contributed by atoms with Crippen molar-refractivity contribution in [2.24, 2.45) is 5.92 Å². The monoisotopic (exact) mass is 227 g/mol. The summed E-state index contributed by atoms with van der Waals surface area (Å²) in [6, 6.07) is 0.739. The lowest BCUT2D eigenvalue weighted by Gasteiger charge is -2.33. The maximum atomic E-state index is 3.40. The lowest BCUT2D eigenvalue weighted by atomic mass is 10.0. The molecule has 1 atom stereocenters. The maximum Gasteiger partial charge on any atom is 0.0113 e. The Bertz CT molecular complexity index is 176. The summed E-state index contributed by atoms with van der Waals surface area (Å²) in [4.78, 5) is 5.10. The molecule has 1 aliphatic heterocycles. The van der Waals surface area contributed by atoms with E-state index in [9.17, 15) is 0 Å². The minimum atomic E-state index is 0.739. The van der Waals surface area contributed by atoms with Crippen LogP contribution in [0.1, 0.15) is 27.2 Å². The zero-order valence-corrected chi connectivity index (χ0v) is 11.5. The van der Waals surface area contributed by atoms with E-state index in [4.69, 9.17) is 0 Å². The zero-order valence-electron chi connectivity index (χ0n) is 11.5. The van der Waals surface area contributed by atoms with Crippen molar-refractivity contribution in [1.29, 1.82) is 0 Å². The van der Waals surface area contributed by atoms with Crippen LogP contribution in [0.5, 0.6) is 0 Å². The van der Waals surface area contributed by atoms with E-state index in [0.717, 1.165) is 25.0 Å². The van der Waals surface area contributed by atoms with Crippen LogP contribution in [-0.4, -0.2) is 62.2 Å². The van der Waals surface area contributed by atoms with Crippen molar-refractivity contribution in [2.75, 3.05) is 46.3 Å². The van der Waals surface area contributed by atoms with Crippen LogP contribution < -0.4 is 5.32 Å². The van der Waals surface area contributed by atoms with Gasteiger partial charge in [-0.05, 0) is 19.4 Å². The van der Waals surface area contributed by atoms with Gasteiger partial charge in [-0.25, -0.2) is 0 Å². The molecule has 1 rings (SSSR count). The second-order valence-electron chi connectivity index (χ2n) is 5.29. The van der Waals surface area contributed by atoms with Crippen LogP contribution in [0.3, 0.4) is 0 Å². The van der Waals surface area contributed by atoms with E-state index in [0.29, 0.717) is 0 Å². The molecular formula is C13H29N3. The van der Waals surface area contributed by atoms with E-state index < -0.39 is 0 Å². The summed E-state index contributed by atoms with van der Waals surface area (Å²) in [6.45, 7) is 14.1. The van der Waals surface area contributed by atoms with Crippen LogP contribution in [0.4, 0.5) is 0 Å². The number of nitrogens with one attached hydrogen (secondary N) is 1. The molecule has 0 saturated carbocycles. The largest absolute Gasteiger partial charge is 0.314 e. The molecule has 1 saturated heterocycles. The van der Waals surface area contributed by atoms with Gasteiger partial charge in [0.15, 0.2) is 0 Å². The molecule has 0 aliphatic carbocycles. The maximum absolute atomic E-state index is 3.40. The first-order valence-electron chi connectivity index (χ1n) is 6.78. The average molecular weight is 227 g/mol. The summed E-state index contributed by atoms with van der Waals surface area (Å²) in [6.07, 6.45) is 1.26. The van der Waals surface area contributed by atoms with E-state index in [-0.39, 0.29) is 0 Å².